The van der Waals surface area contributed by atoms with Gasteiger partial charge in [0.15, 0.2) is 5.78 Å². The first kappa shape index (κ1) is 27.9. The molecule has 1 amide bonds. The third-order valence-electron chi connectivity index (χ3n) is 7.07. The molecule has 39 heavy (non-hydrogen) atoms. The molecular formula is C31H34FN4O3-. The summed E-state index contributed by atoms with van der Waals surface area (Å²) >= 11 is 0. The van der Waals surface area contributed by atoms with Gasteiger partial charge < -0.3 is 20.8 Å². The fourth-order valence-corrected chi connectivity index (χ4v) is 5.13. The van der Waals surface area contributed by atoms with E-state index in [4.69, 9.17) is 16.3 Å². The number of benzene rings is 3. The van der Waals surface area contributed by atoms with Gasteiger partial charge in [-0.05, 0) is 98.3 Å². The second-order valence-electron chi connectivity index (χ2n) is 10.0. The Bertz CT molecular complexity index is 1250. The van der Waals surface area contributed by atoms with Crippen molar-refractivity contribution in [2.45, 2.75) is 32.1 Å². The number of amides is 1. The van der Waals surface area contributed by atoms with Crippen molar-refractivity contribution < 1.29 is 18.7 Å². The van der Waals surface area contributed by atoms with Crippen LogP contribution in [0.5, 0.6) is 11.5 Å². The second-order valence-corrected chi connectivity index (χ2v) is 10.0. The number of ketones is 1. The predicted octanol–water partition coefficient (Wildman–Crippen LogP) is 6.49. The maximum Gasteiger partial charge on any atom is 0.227 e. The van der Waals surface area contributed by atoms with Crippen molar-refractivity contribution >= 4 is 17.4 Å². The Hall–Kier alpha value is -4.17. The minimum Gasteiger partial charge on any atom is -0.704 e. The molecule has 7 nitrogen and oxygen atoms in total. The molecule has 0 aliphatic heterocycles. The van der Waals surface area contributed by atoms with Crippen molar-refractivity contribution in [1.29, 1.82) is 0 Å². The summed E-state index contributed by atoms with van der Waals surface area (Å²) in [5.74, 6) is 6.32. The monoisotopic (exact) mass is 529 g/mol. The molecule has 0 radical (unpaired) electrons. The minimum absolute atomic E-state index is 0.0338. The van der Waals surface area contributed by atoms with Crippen LogP contribution in [-0.2, 0) is 16.0 Å². The van der Waals surface area contributed by atoms with E-state index in [9.17, 15) is 14.0 Å². The van der Waals surface area contributed by atoms with Crippen LogP contribution >= 0.6 is 0 Å². The number of carbonyl (C=O) groups is 2. The van der Waals surface area contributed by atoms with Crippen molar-refractivity contribution in [1.82, 2.24) is 5.01 Å². The molecule has 4 N–H and O–H groups in total. The van der Waals surface area contributed by atoms with E-state index in [-0.39, 0.29) is 41.8 Å². The van der Waals surface area contributed by atoms with Crippen LogP contribution in [0.25, 0.3) is 5.73 Å². The summed E-state index contributed by atoms with van der Waals surface area (Å²) in [5, 5.41) is 4.26. The summed E-state index contributed by atoms with van der Waals surface area (Å²) in [4.78, 5) is 26.4. The molecule has 1 aliphatic rings. The lowest BCUT2D eigenvalue weighted by atomic mass is 9.85. The zero-order valence-electron chi connectivity index (χ0n) is 21.8. The predicted molar refractivity (Wildman–Crippen MR) is 150 cm³/mol. The fourth-order valence-electron chi connectivity index (χ4n) is 5.13. The Morgan fingerprint density at radius 2 is 1.56 bits per heavy atom. The molecule has 1 fully saturated rings. The number of halogens is 1. The van der Waals surface area contributed by atoms with Crippen molar-refractivity contribution in [3.63, 3.8) is 0 Å². The lowest BCUT2D eigenvalue weighted by Crippen LogP contribution is -2.34. The Labute approximate surface area is 228 Å². The van der Waals surface area contributed by atoms with Gasteiger partial charge in [0, 0.05) is 17.5 Å². The highest BCUT2D eigenvalue weighted by molar-refractivity contribution is 5.92. The molecule has 1 aliphatic carbocycles. The molecular weight excluding hydrogens is 495 g/mol. The molecule has 4 rings (SSSR count). The number of rotatable bonds is 10. The van der Waals surface area contributed by atoms with Gasteiger partial charge in [0.2, 0.25) is 5.91 Å². The quantitative estimate of drug-likeness (QED) is 0.177. The number of nitrogens with two attached hydrogens (primary N) is 1. The number of nitrogens with zero attached hydrogens (tertiary/aromatic N) is 1. The van der Waals surface area contributed by atoms with Gasteiger partial charge in [-0.1, -0.05) is 30.3 Å². The molecule has 0 heterocycles. The maximum absolute atomic E-state index is 13.3. The van der Waals surface area contributed by atoms with Crippen LogP contribution in [0.4, 0.5) is 10.1 Å². The highest BCUT2D eigenvalue weighted by Gasteiger charge is 2.33. The fraction of sp³-hybridized carbons (Fsp3) is 0.290. The highest BCUT2D eigenvalue weighted by Crippen LogP contribution is 2.35. The second kappa shape index (κ2) is 13.6. The van der Waals surface area contributed by atoms with E-state index in [1.54, 1.807) is 36.4 Å². The molecule has 0 bridgehead atoms. The first-order valence-corrected chi connectivity index (χ1v) is 13.2. The zero-order valence-corrected chi connectivity index (χ0v) is 21.8. The van der Waals surface area contributed by atoms with Crippen LogP contribution in [0.1, 0.15) is 31.2 Å². The number of hydrogen-bond donors (Lipinski definition) is 2. The molecule has 3 aromatic rings. The Morgan fingerprint density at radius 1 is 0.949 bits per heavy atom. The average Bonchev–Trinajstić information content (AvgIpc) is 3.15. The third-order valence-corrected chi connectivity index (χ3v) is 7.07. The third kappa shape index (κ3) is 8.41. The van der Waals surface area contributed by atoms with E-state index >= 15 is 0 Å². The van der Waals surface area contributed by atoms with Crippen LogP contribution in [-0.4, -0.2) is 23.2 Å². The standard InChI is InChI=1S/C31H34FN4O3/c32-26-8-12-28(13-9-26)39-29-14-10-27(11-15-29)35-31(38)25-7-6-24(30(37)21-36(34)17-16-33)19-23(20-25)18-22-4-2-1-3-5-22/h1-5,8-17,23-25,33H,6-7,18-21,34H2,(H,35,38)/q-1/b17-16-/t23-,24?,25-/m0/s1. The molecule has 0 saturated heterocycles. The molecule has 3 aromatic carbocycles. The average molecular weight is 530 g/mol. The van der Waals surface area contributed by atoms with Crippen molar-refractivity contribution in [2.75, 3.05) is 11.9 Å². The summed E-state index contributed by atoms with van der Waals surface area (Å²) in [5.41, 5.74) is 9.01. The summed E-state index contributed by atoms with van der Waals surface area (Å²) in [7, 11) is 0. The van der Waals surface area contributed by atoms with E-state index in [1.807, 2.05) is 18.2 Å². The highest BCUT2D eigenvalue weighted by atomic mass is 19.1. The maximum atomic E-state index is 13.3. The number of anilines is 1. The summed E-state index contributed by atoms with van der Waals surface area (Å²) in [6.45, 7) is 0.0430. The molecule has 0 spiro atoms. The number of carbonyl (C=O) groups excluding carboxylic acids is 2. The first-order chi connectivity index (χ1) is 18.9. The lowest BCUT2D eigenvalue weighted by Gasteiger charge is -2.22. The molecule has 1 saturated carbocycles. The van der Waals surface area contributed by atoms with Gasteiger partial charge in [0.1, 0.15) is 17.3 Å². The van der Waals surface area contributed by atoms with Crippen LogP contribution in [0, 0.1) is 23.6 Å². The van der Waals surface area contributed by atoms with Gasteiger partial charge in [-0.2, -0.15) is 6.20 Å². The lowest BCUT2D eigenvalue weighted by molar-refractivity contribution is -0.124. The van der Waals surface area contributed by atoms with Crippen molar-refractivity contribution in [3.8, 4) is 11.5 Å². The number of ether oxygens (including phenoxy) is 1. The van der Waals surface area contributed by atoms with Crippen molar-refractivity contribution in [2.24, 2.45) is 23.6 Å². The van der Waals surface area contributed by atoms with Gasteiger partial charge in [-0.15, -0.1) is 0 Å². The van der Waals surface area contributed by atoms with E-state index < -0.39 is 0 Å². The number of Topliss-reactive ketones (excluding diaryl/α,β-unsaturated/α-hetero) is 1. The summed E-state index contributed by atoms with van der Waals surface area (Å²) < 4.78 is 18.9. The van der Waals surface area contributed by atoms with E-state index in [0.29, 0.717) is 42.9 Å². The normalized spacial score (nSPS) is 19.3. The summed E-state index contributed by atoms with van der Waals surface area (Å²) in [6.07, 6.45) is 5.83. The topological polar surface area (TPSA) is 108 Å². The Morgan fingerprint density at radius 3 is 2.23 bits per heavy atom. The van der Waals surface area contributed by atoms with Gasteiger partial charge >= 0.3 is 0 Å². The van der Waals surface area contributed by atoms with E-state index in [1.165, 1.54) is 28.9 Å². The number of hydrogen-bond acceptors (Lipinski definition) is 5. The van der Waals surface area contributed by atoms with E-state index in [0.717, 1.165) is 12.6 Å². The van der Waals surface area contributed by atoms with Crippen LogP contribution in [0.15, 0.2) is 91.3 Å². The Kier molecular flexibility index (Phi) is 9.69. The molecule has 3 atom stereocenters. The van der Waals surface area contributed by atoms with Crippen LogP contribution in [0.3, 0.4) is 0 Å². The first-order valence-electron chi connectivity index (χ1n) is 13.2. The zero-order chi connectivity index (χ0) is 27.6. The van der Waals surface area contributed by atoms with Gasteiger partial charge in [-0.25, -0.2) is 10.2 Å². The number of hydrazine groups is 1. The number of nitrogens with one attached hydrogen (secondary N) is 2. The van der Waals surface area contributed by atoms with Gasteiger partial charge in [0.05, 0.1) is 6.54 Å². The molecule has 204 valence electrons. The summed E-state index contributed by atoms with van der Waals surface area (Å²) in [6, 6.07) is 23.0. The van der Waals surface area contributed by atoms with Crippen LogP contribution < -0.4 is 15.9 Å². The molecule has 0 aromatic heterocycles. The van der Waals surface area contributed by atoms with Gasteiger partial charge in [0.25, 0.3) is 0 Å². The van der Waals surface area contributed by atoms with E-state index in [2.05, 4.69) is 17.4 Å². The SMILES string of the molecule is [NH-]/C=C\N(N)CC(=O)C1CC[C@H](C(=O)Nc2ccc(Oc3ccc(F)cc3)cc2)C[C@@H](Cc2ccccc2)C1. The van der Waals surface area contributed by atoms with Crippen LogP contribution in [0.2, 0.25) is 0 Å². The Balaban J connectivity index is 1.41. The molecule has 1 unspecified atom stereocenters. The molecule has 8 heteroatoms. The van der Waals surface area contributed by atoms with Gasteiger partial charge in [-0.3, -0.25) is 9.59 Å². The smallest absolute Gasteiger partial charge is 0.227 e. The largest absolute Gasteiger partial charge is 0.704 e. The van der Waals surface area contributed by atoms with Crippen molar-refractivity contribution in [3.05, 3.63) is 108 Å². The minimum atomic E-state index is -0.330.